The summed E-state index contributed by atoms with van der Waals surface area (Å²) in [6.07, 6.45) is 13.0. The molecule has 0 aliphatic heterocycles. The number of hydrogen-bond acceptors (Lipinski definition) is 3. The lowest BCUT2D eigenvalue weighted by Gasteiger charge is -1.92. The van der Waals surface area contributed by atoms with Crippen LogP contribution >= 0.6 is 0 Å². The monoisotopic (exact) mass is 170 g/mol. The third-order valence-electron chi connectivity index (χ3n) is 1.54. The molecule has 0 atom stereocenters. The Hall–Kier alpha value is -1.90. The van der Waals surface area contributed by atoms with E-state index in [2.05, 4.69) is 15.0 Å². The number of aromatic nitrogens is 2. The molecule has 0 radical (unpaired) electrons. The Kier molecular flexibility index (Phi) is 2.18. The maximum atomic E-state index is 4.22. The van der Waals surface area contributed by atoms with Crippen LogP contribution in [0.1, 0.15) is 0 Å². The van der Waals surface area contributed by atoms with Crippen LogP contribution in [0, 0.1) is 6.42 Å². The Morgan fingerprint density at radius 3 is 2.69 bits per heavy atom. The standard InChI is InChI=1S/C10H8N3/c1-2-5-9(6-3-1)13-10-11-7-4-8-12-10/h1-8H/q+1. The minimum Gasteiger partial charge on any atom is -0.220 e. The van der Waals surface area contributed by atoms with Crippen molar-refractivity contribution in [2.45, 2.75) is 0 Å². The van der Waals surface area contributed by atoms with Gasteiger partial charge in [0.25, 0.3) is 5.95 Å². The van der Waals surface area contributed by atoms with E-state index >= 15 is 0 Å². The van der Waals surface area contributed by atoms with Crippen LogP contribution in [0.4, 0.5) is 5.95 Å². The fourth-order valence-electron chi connectivity index (χ4n) is 0.967. The fraction of sp³-hybridized carbons (Fsp3) is 0. The summed E-state index contributed by atoms with van der Waals surface area (Å²) >= 11 is 0. The molecular formula is C10H8N3+. The van der Waals surface area contributed by atoms with E-state index in [1.807, 2.05) is 30.7 Å². The van der Waals surface area contributed by atoms with Gasteiger partial charge >= 0.3 is 0 Å². The van der Waals surface area contributed by atoms with Gasteiger partial charge in [-0.3, -0.25) is 0 Å². The molecule has 2 rings (SSSR count). The van der Waals surface area contributed by atoms with Gasteiger partial charge in [0.1, 0.15) is 0 Å². The second-order valence-electron chi connectivity index (χ2n) is 2.50. The Bertz CT molecular complexity index is 363. The van der Waals surface area contributed by atoms with E-state index < -0.39 is 0 Å². The van der Waals surface area contributed by atoms with Crippen molar-refractivity contribution in [2.24, 2.45) is 4.99 Å². The summed E-state index contributed by atoms with van der Waals surface area (Å²) in [5, 5.41) is 0. The van der Waals surface area contributed by atoms with Crippen molar-refractivity contribution in [3.8, 4) is 0 Å². The zero-order chi connectivity index (χ0) is 8.93. The summed E-state index contributed by atoms with van der Waals surface area (Å²) in [7, 11) is 0. The molecule has 1 heterocycles. The fourth-order valence-corrected chi connectivity index (χ4v) is 0.967. The van der Waals surface area contributed by atoms with Gasteiger partial charge in [0, 0.05) is 18.5 Å². The number of hydrogen-bond donors (Lipinski definition) is 0. The lowest BCUT2D eigenvalue weighted by Crippen LogP contribution is -1.95. The van der Waals surface area contributed by atoms with Crippen molar-refractivity contribution in [1.82, 2.24) is 9.97 Å². The highest BCUT2D eigenvalue weighted by Crippen LogP contribution is 2.05. The summed E-state index contributed by atoms with van der Waals surface area (Å²) in [5.41, 5.74) is 0.869. The van der Waals surface area contributed by atoms with Crippen molar-refractivity contribution < 1.29 is 0 Å². The van der Waals surface area contributed by atoms with E-state index in [0.29, 0.717) is 5.95 Å². The average Bonchev–Trinajstić information content (AvgIpc) is 2.21. The first-order valence-electron chi connectivity index (χ1n) is 3.99. The molecule has 1 aliphatic rings. The van der Waals surface area contributed by atoms with Crippen LogP contribution in [0.2, 0.25) is 0 Å². The van der Waals surface area contributed by atoms with Crippen molar-refractivity contribution in [1.29, 1.82) is 0 Å². The van der Waals surface area contributed by atoms with Gasteiger partial charge in [0.2, 0.25) is 0 Å². The smallest absolute Gasteiger partial charge is 0.220 e. The van der Waals surface area contributed by atoms with E-state index in [1.165, 1.54) is 0 Å². The van der Waals surface area contributed by atoms with E-state index in [-0.39, 0.29) is 0 Å². The Labute approximate surface area is 76.6 Å². The predicted molar refractivity (Wildman–Crippen MR) is 51.7 cm³/mol. The SMILES string of the molecule is C1=C[CH+]/C(=N\c2ncccn2)C=C1. The maximum Gasteiger partial charge on any atom is 0.252 e. The molecule has 0 N–H and O–H groups in total. The summed E-state index contributed by atoms with van der Waals surface area (Å²) < 4.78 is 0. The van der Waals surface area contributed by atoms with Crippen molar-refractivity contribution in [3.63, 3.8) is 0 Å². The van der Waals surface area contributed by atoms with E-state index in [4.69, 9.17) is 0 Å². The molecule has 13 heavy (non-hydrogen) atoms. The Morgan fingerprint density at radius 1 is 1.15 bits per heavy atom. The molecule has 3 heteroatoms. The van der Waals surface area contributed by atoms with Crippen LogP contribution in [0.3, 0.4) is 0 Å². The molecule has 1 aromatic heterocycles. The first-order valence-corrected chi connectivity index (χ1v) is 3.99. The summed E-state index contributed by atoms with van der Waals surface area (Å²) in [5.74, 6) is 0.494. The van der Waals surface area contributed by atoms with Gasteiger partial charge < -0.3 is 0 Å². The molecule has 1 aromatic rings. The summed E-state index contributed by atoms with van der Waals surface area (Å²) in [4.78, 5) is 12.2. The van der Waals surface area contributed by atoms with Gasteiger partial charge in [-0.2, -0.15) is 4.99 Å². The lowest BCUT2D eigenvalue weighted by molar-refractivity contribution is 1.14. The number of rotatable bonds is 1. The number of aliphatic imine (C=N–C) groups is 1. The van der Waals surface area contributed by atoms with Crippen LogP contribution < -0.4 is 0 Å². The van der Waals surface area contributed by atoms with Gasteiger partial charge in [-0.1, -0.05) is 0 Å². The topological polar surface area (TPSA) is 38.1 Å². The lowest BCUT2D eigenvalue weighted by atomic mass is 10.2. The Balaban J connectivity index is 2.21. The molecule has 0 saturated heterocycles. The highest BCUT2D eigenvalue weighted by molar-refractivity contribution is 6.05. The second kappa shape index (κ2) is 3.67. The van der Waals surface area contributed by atoms with Gasteiger partial charge in [0.05, 0.1) is 24.6 Å². The molecule has 1 aliphatic carbocycles. The van der Waals surface area contributed by atoms with Crippen molar-refractivity contribution in [2.75, 3.05) is 0 Å². The van der Waals surface area contributed by atoms with E-state index in [9.17, 15) is 0 Å². The summed E-state index contributed by atoms with van der Waals surface area (Å²) in [6, 6.07) is 1.77. The first kappa shape index (κ1) is 7.73. The highest BCUT2D eigenvalue weighted by atomic mass is 15.0. The van der Waals surface area contributed by atoms with Crippen molar-refractivity contribution in [3.05, 3.63) is 49.2 Å². The second-order valence-corrected chi connectivity index (χ2v) is 2.50. The van der Waals surface area contributed by atoms with E-state index in [1.54, 1.807) is 18.5 Å². The zero-order valence-corrected chi connectivity index (χ0v) is 6.96. The quantitative estimate of drug-likeness (QED) is 0.603. The first-order chi connectivity index (χ1) is 6.45. The third-order valence-corrected chi connectivity index (χ3v) is 1.54. The normalized spacial score (nSPS) is 17.4. The zero-order valence-electron chi connectivity index (χ0n) is 6.96. The molecule has 62 valence electrons. The maximum absolute atomic E-state index is 4.22. The number of nitrogens with zero attached hydrogens (tertiary/aromatic N) is 3. The predicted octanol–water partition coefficient (Wildman–Crippen LogP) is 1.88. The molecule has 0 saturated carbocycles. The molecule has 0 spiro atoms. The van der Waals surface area contributed by atoms with Crippen LogP contribution in [-0.2, 0) is 0 Å². The minimum absolute atomic E-state index is 0.494. The molecule has 0 unspecified atom stereocenters. The average molecular weight is 170 g/mol. The van der Waals surface area contributed by atoms with E-state index in [0.717, 1.165) is 5.71 Å². The van der Waals surface area contributed by atoms with Gasteiger partial charge in [-0.15, -0.1) is 0 Å². The highest BCUT2D eigenvalue weighted by Gasteiger charge is 2.04. The van der Waals surface area contributed by atoms with Crippen LogP contribution in [0.15, 0.2) is 47.8 Å². The van der Waals surface area contributed by atoms with Crippen LogP contribution in [0.5, 0.6) is 0 Å². The largest absolute Gasteiger partial charge is 0.252 e. The number of allylic oxidation sites excluding steroid dienone is 4. The molecule has 0 aromatic carbocycles. The van der Waals surface area contributed by atoms with Crippen LogP contribution in [0.25, 0.3) is 0 Å². The molecule has 3 nitrogen and oxygen atoms in total. The van der Waals surface area contributed by atoms with Crippen molar-refractivity contribution >= 4 is 11.7 Å². The van der Waals surface area contributed by atoms with Gasteiger partial charge in [-0.25, -0.2) is 9.97 Å². The van der Waals surface area contributed by atoms with Crippen LogP contribution in [-0.4, -0.2) is 15.7 Å². The molecular weight excluding hydrogens is 162 g/mol. The minimum atomic E-state index is 0.494. The molecule has 0 fully saturated rings. The van der Waals surface area contributed by atoms with Gasteiger partial charge in [0.15, 0.2) is 5.71 Å². The Morgan fingerprint density at radius 2 is 2.00 bits per heavy atom. The van der Waals surface area contributed by atoms with Gasteiger partial charge in [-0.05, 0) is 6.07 Å². The summed E-state index contributed by atoms with van der Waals surface area (Å²) in [6.45, 7) is 0. The molecule has 0 amide bonds. The molecule has 0 bridgehead atoms. The third kappa shape index (κ3) is 2.02.